The molecule has 2 N–H and O–H groups in total. The van der Waals surface area contributed by atoms with Crippen LogP contribution in [0.15, 0.2) is 36.4 Å². The molecule has 1 aliphatic heterocycles. The summed E-state index contributed by atoms with van der Waals surface area (Å²) in [7, 11) is 0. The van der Waals surface area contributed by atoms with E-state index in [2.05, 4.69) is 10.6 Å². The van der Waals surface area contributed by atoms with E-state index in [0.717, 1.165) is 18.4 Å². The molecule has 2 aromatic carbocycles. The summed E-state index contributed by atoms with van der Waals surface area (Å²) in [5.74, 6) is -0.652. The van der Waals surface area contributed by atoms with E-state index in [4.69, 9.17) is 0 Å². The minimum Gasteiger partial charge on any atom is -0.316 e. The molecule has 5 heteroatoms. The first-order valence-electron chi connectivity index (χ1n) is 7.69. The molecule has 3 aliphatic rings. The van der Waals surface area contributed by atoms with E-state index in [1.807, 2.05) is 24.3 Å². The van der Waals surface area contributed by atoms with Crippen molar-refractivity contribution in [3.8, 4) is 11.1 Å². The second-order valence-corrected chi connectivity index (χ2v) is 6.37. The van der Waals surface area contributed by atoms with Crippen LogP contribution in [-0.2, 0) is 10.3 Å². The minimum absolute atomic E-state index is 0.223. The molecule has 1 unspecified atom stereocenters. The maximum atomic E-state index is 15.3. The topological polar surface area (TPSA) is 58.2 Å². The van der Waals surface area contributed by atoms with Crippen LogP contribution in [0.4, 0.5) is 9.18 Å². The Morgan fingerprint density at radius 1 is 1.04 bits per heavy atom. The van der Waals surface area contributed by atoms with E-state index >= 15 is 4.39 Å². The summed E-state index contributed by atoms with van der Waals surface area (Å²) in [6.45, 7) is 0. The molecule has 23 heavy (non-hydrogen) atoms. The number of halogens is 1. The highest BCUT2D eigenvalue weighted by Crippen LogP contribution is 2.52. The van der Waals surface area contributed by atoms with Crippen molar-refractivity contribution >= 4 is 11.9 Å². The average Bonchev–Trinajstić information content (AvgIpc) is 3.27. The normalized spacial score (nSPS) is 24.4. The quantitative estimate of drug-likeness (QED) is 0.796. The summed E-state index contributed by atoms with van der Waals surface area (Å²) in [5.41, 5.74) is 1.58. The first kappa shape index (κ1) is 12.8. The van der Waals surface area contributed by atoms with Crippen LogP contribution < -0.4 is 10.6 Å². The van der Waals surface area contributed by atoms with Gasteiger partial charge in [-0.2, -0.15) is 0 Å². The molecule has 0 radical (unpaired) electrons. The molecule has 1 saturated carbocycles. The third-order valence-corrected chi connectivity index (χ3v) is 5.05. The molecule has 2 aromatic rings. The van der Waals surface area contributed by atoms with Crippen LogP contribution in [0.25, 0.3) is 11.1 Å². The molecule has 1 spiro atoms. The number of rotatable bonds is 1. The van der Waals surface area contributed by atoms with Gasteiger partial charge in [-0.25, -0.2) is 9.18 Å². The van der Waals surface area contributed by atoms with Gasteiger partial charge in [0.1, 0.15) is 5.82 Å². The molecule has 0 aromatic heterocycles. The van der Waals surface area contributed by atoms with E-state index in [1.54, 1.807) is 12.1 Å². The summed E-state index contributed by atoms with van der Waals surface area (Å²) in [6.07, 6.45) is 1.93. The molecule has 1 saturated heterocycles. The van der Waals surface area contributed by atoms with Gasteiger partial charge in [0.15, 0.2) is 5.54 Å². The van der Waals surface area contributed by atoms with Crippen LogP contribution in [0, 0.1) is 5.82 Å². The van der Waals surface area contributed by atoms with Crippen LogP contribution >= 0.6 is 0 Å². The Morgan fingerprint density at radius 2 is 1.83 bits per heavy atom. The number of fused-ring (bicyclic) bond motifs is 5. The van der Waals surface area contributed by atoms with Crippen molar-refractivity contribution in [1.29, 1.82) is 0 Å². The third kappa shape index (κ3) is 1.44. The number of imide groups is 1. The second kappa shape index (κ2) is 3.98. The maximum absolute atomic E-state index is 15.3. The fraction of sp³-hybridized carbons (Fsp3) is 0.222. The first-order valence-corrected chi connectivity index (χ1v) is 7.69. The summed E-state index contributed by atoms with van der Waals surface area (Å²) >= 11 is 0. The monoisotopic (exact) mass is 308 g/mol. The van der Waals surface area contributed by atoms with Gasteiger partial charge in [-0.1, -0.05) is 36.4 Å². The summed E-state index contributed by atoms with van der Waals surface area (Å²) < 4.78 is 15.3. The zero-order chi connectivity index (χ0) is 15.8. The Morgan fingerprint density at radius 3 is 2.52 bits per heavy atom. The first-order chi connectivity index (χ1) is 11.1. The van der Waals surface area contributed by atoms with Crippen molar-refractivity contribution in [2.45, 2.75) is 24.3 Å². The highest BCUT2D eigenvalue weighted by atomic mass is 19.1. The molecule has 2 aliphatic carbocycles. The lowest BCUT2D eigenvalue weighted by Crippen LogP contribution is -2.44. The van der Waals surface area contributed by atoms with Crippen LogP contribution in [-0.4, -0.2) is 11.9 Å². The van der Waals surface area contributed by atoms with Crippen molar-refractivity contribution in [3.05, 3.63) is 58.9 Å². The number of urea groups is 1. The van der Waals surface area contributed by atoms with E-state index in [0.29, 0.717) is 16.7 Å². The summed E-state index contributed by atoms with van der Waals surface area (Å²) in [6, 6.07) is 10.4. The number of carbonyl (C=O) groups excluding carboxylic acids is 2. The molecular formula is C18H13FN2O2. The highest BCUT2D eigenvalue weighted by molar-refractivity contribution is 6.13. The third-order valence-electron chi connectivity index (χ3n) is 5.05. The lowest BCUT2D eigenvalue weighted by molar-refractivity contribution is -0.122. The molecule has 5 rings (SSSR count). The number of hydrogen-bond acceptors (Lipinski definition) is 2. The molecule has 3 amide bonds. The molecule has 0 bridgehead atoms. The standard InChI is InChI=1S/C18H13FN2O2/c19-15-10(9-5-6-9)7-8-12-11-3-1-2-4-13(11)18(14(12)15)16(22)20-17(23)21-18/h1-4,7-9H,5-6H2,(H2,20,21,22,23). The van der Waals surface area contributed by atoms with Crippen molar-refractivity contribution in [2.75, 3.05) is 0 Å². The number of carbonyl (C=O) groups is 2. The van der Waals surface area contributed by atoms with E-state index in [-0.39, 0.29) is 17.3 Å². The number of nitrogens with one attached hydrogen (secondary N) is 2. The van der Waals surface area contributed by atoms with Crippen LogP contribution in [0.2, 0.25) is 0 Å². The minimum atomic E-state index is -1.45. The van der Waals surface area contributed by atoms with Gasteiger partial charge in [0.2, 0.25) is 0 Å². The lowest BCUT2D eigenvalue weighted by Gasteiger charge is -2.24. The number of amides is 3. The zero-order valence-corrected chi connectivity index (χ0v) is 12.2. The predicted octanol–water partition coefficient (Wildman–Crippen LogP) is 2.77. The lowest BCUT2D eigenvalue weighted by atomic mass is 9.86. The van der Waals surface area contributed by atoms with Crippen molar-refractivity contribution in [2.24, 2.45) is 0 Å². The van der Waals surface area contributed by atoms with Gasteiger partial charge >= 0.3 is 6.03 Å². The van der Waals surface area contributed by atoms with Gasteiger partial charge in [0, 0.05) is 5.56 Å². The molecular weight excluding hydrogens is 295 g/mol. The summed E-state index contributed by atoms with van der Waals surface area (Å²) in [5, 5.41) is 4.95. The Bertz CT molecular complexity index is 904. The van der Waals surface area contributed by atoms with Gasteiger partial charge in [-0.3, -0.25) is 10.1 Å². The molecule has 4 nitrogen and oxygen atoms in total. The summed E-state index contributed by atoms with van der Waals surface area (Å²) in [4.78, 5) is 24.4. The highest BCUT2D eigenvalue weighted by Gasteiger charge is 2.56. The van der Waals surface area contributed by atoms with Crippen molar-refractivity contribution in [3.63, 3.8) is 0 Å². The van der Waals surface area contributed by atoms with E-state index in [9.17, 15) is 9.59 Å². The van der Waals surface area contributed by atoms with Crippen LogP contribution in [0.1, 0.15) is 35.4 Å². The Labute approximate surface area is 131 Å². The van der Waals surface area contributed by atoms with Gasteiger partial charge in [0.05, 0.1) is 0 Å². The van der Waals surface area contributed by atoms with E-state index < -0.39 is 17.5 Å². The maximum Gasteiger partial charge on any atom is 0.322 e. The molecule has 1 atom stereocenters. The smallest absolute Gasteiger partial charge is 0.316 e. The zero-order valence-electron chi connectivity index (χ0n) is 12.2. The van der Waals surface area contributed by atoms with Gasteiger partial charge in [-0.15, -0.1) is 0 Å². The fourth-order valence-corrected chi connectivity index (χ4v) is 3.89. The van der Waals surface area contributed by atoms with E-state index in [1.165, 1.54) is 0 Å². The Balaban J connectivity index is 1.88. The van der Waals surface area contributed by atoms with Crippen molar-refractivity contribution in [1.82, 2.24) is 10.6 Å². The number of hydrogen-bond donors (Lipinski definition) is 2. The fourth-order valence-electron chi connectivity index (χ4n) is 3.89. The Hall–Kier alpha value is -2.69. The molecule has 2 fully saturated rings. The SMILES string of the molecule is O=C1NC(=O)C2(N1)c1ccccc1-c1ccc(C3CC3)c(F)c12. The predicted molar refractivity (Wildman–Crippen MR) is 81.3 cm³/mol. The Kier molecular flexibility index (Phi) is 2.22. The average molecular weight is 308 g/mol. The van der Waals surface area contributed by atoms with Crippen LogP contribution in [0.5, 0.6) is 0 Å². The van der Waals surface area contributed by atoms with Gasteiger partial charge < -0.3 is 5.32 Å². The van der Waals surface area contributed by atoms with Gasteiger partial charge in [0.25, 0.3) is 5.91 Å². The number of benzene rings is 2. The molecule has 1 heterocycles. The van der Waals surface area contributed by atoms with Crippen LogP contribution in [0.3, 0.4) is 0 Å². The van der Waals surface area contributed by atoms with Crippen molar-refractivity contribution < 1.29 is 14.0 Å². The second-order valence-electron chi connectivity index (χ2n) is 6.37. The van der Waals surface area contributed by atoms with Gasteiger partial charge in [-0.05, 0) is 41.0 Å². The molecule has 114 valence electrons. The largest absolute Gasteiger partial charge is 0.322 e.